The highest BCUT2D eigenvalue weighted by Crippen LogP contribution is 2.44. The van der Waals surface area contributed by atoms with Crippen LogP contribution in [0.2, 0.25) is 0 Å². The fraction of sp³-hybridized carbons (Fsp3) is 0. The van der Waals surface area contributed by atoms with Gasteiger partial charge in [0.05, 0.1) is 5.69 Å². The molecule has 1 aromatic heterocycles. The van der Waals surface area contributed by atoms with Crippen LogP contribution in [-0.4, -0.2) is 0 Å². The van der Waals surface area contributed by atoms with Gasteiger partial charge in [-0.15, -0.1) is 0 Å². The van der Waals surface area contributed by atoms with Crippen LogP contribution in [0.15, 0.2) is 168 Å². The van der Waals surface area contributed by atoms with Gasteiger partial charge in [-0.25, -0.2) is 0 Å². The molecule has 0 spiro atoms. The van der Waals surface area contributed by atoms with Crippen molar-refractivity contribution in [3.8, 4) is 11.1 Å². The lowest BCUT2D eigenvalue weighted by atomic mass is 9.96. The van der Waals surface area contributed by atoms with Gasteiger partial charge in [0.1, 0.15) is 11.2 Å². The lowest BCUT2D eigenvalue weighted by Gasteiger charge is -2.28. The Kier molecular flexibility index (Phi) is 5.54. The molecule has 0 unspecified atom stereocenters. The van der Waals surface area contributed by atoms with Crippen molar-refractivity contribution in [3.05, 3.63) is 164 Å². The molecule has 44 heavy (non-hydrogen) atoms. The van der Waals surface area contributed by atoms with Crippen LogP contribution < -0.4 is 4.90 Å². The predicted octanol–water partition coefficient (Wildman–Crippen LogP) is 12.2. The van der Waals surface area contributed by atoms with Gasteiger partial charge in [0, 0.05) is 33.8 Å². The van der Waals surface area contributed by atoms with E-state index >= 15 is 0 Å². The minimum Gasteiger partial charge on any atom is -0.456 e. The largest absolute Gasteiger partial charge is 0.456 e. The molecule has 0 aliphatic carbocycles. The first kappa shape index (κ1) is 24.7. The van der Waals surface area contributed by atoms with E-state index in [0.29, 0.717) is 0 Å². The molecule has 0 N–H and O–H groups in total. The second-order valence-electron chi connectivity index (χ2n) is 11.4. The third-order valence-electron chi connectivity index (χ3n) is 8.82. The van der Waals surface area contributed by atoms with Gasteiger partial charge in [-0.05, 0) is 74.3 Å². The van der Waals surface area contributed by atoms with Crippen LogP contribution in [0.5, 0.6) is 0 Å². The van der Waals surface area contributed by atoms with Gasteiger partial charge in [-0.3, -0.25) is 0 Å². The molecular weight excluding hydrogens is 534 g/mol. The summed E-state index contributed by atoms with van der Waals surface area (Å²) in [5.41, 5.74) is 7.38. The molecule has 0 atom stereocenters. The quantitative estimate of drug-likeness (QED) is 0.199. The lowest BCUT2D eigenvalue weighted by molar-refractivity contribution is 0.669. The number of benzene rings is 8. The highest BCUT2D eigenvalue weighted by Gasteiger charge is 2.19. The third-order valence-corrected chi connectivity index (χ3v) is 8.82. The Bertz CT molecular complexity index is 2510. The maximum absolute atomic E-state index is 6.36. The SMILES string of the molecule is c1ccc(-c2ccccc2N(c2ccc3c(ccc4ccc5ccccc5c43)c2)c2ccc3c(c2)oc2ccccc23)cc1. The van der Waals surface area contributed by atoms with Crippen molar-refractivity contribution in [2.45, 2.75) is 0 Å². The molecule has 0 saturated heterocycles. The zero-order valence-corrected chi connectivity index (χ0v) is 23.9. The molecule has 0 amide bonds. The van der Waals surface area contributed by atoms with Crippen LogP contribution in [0.25, 0.3) is 65.4 Å². The zero-order chi connectivity index (χ0) is 29.0. The first-order chi connectivity index (χ1) is 21.8. The summed E-state index contributed by atoms with van der Waals surface area (Å²) in [6.07, 6.45) is 0. The summed E-state index contributed by atoms with van der Waals surface area (Å²) < 4.78 is 6.36. The van der Waals surface area contributed by atoms with Crippen molar-refractivity contribution >= 4 is 71.3 Å². The number of rotatable bonds is 4. The third kappa shape index (κ3) is 3.89. The molecule has 0 aliphatic heterocycles. The molecular formula is C42H27NO. The van der Waals surface area contributed by atoms with Crippen LogP contribution in [0, 0.1) is 0 Å². The molecule has 0 bridgehead atoms. The number of anilines is 3. The van der Waals surface area contributed by atoms with E-state index in [1.165, 1.54) is 43.4 Å². The van der Waals surface area contributed by atoms with Crippen molar-refractivity contribution in [1.29, 1.82) is 0 Å². The van der Waals surface area contributed by atoms with Gasteiger partial charge < -0.3 is 9.32 Å². The second kappa shape index (κ2) is 9.86. The summed E-state index contributed by atoms with van der Waals surface area (Å²) in [7, 11) is 0. The minimum absolute atomic E-state index is 0.879. The Morgan fingerprint density at radius 1 is 0.386 bits per heavy atom. The van der Waals surface area contributed by atoms with E-state index < -0.39 is 0 Å². The van der Waals surface area contributed by atoms with Crippen LogP contribution >= 0.6 is 0 Å². The zero-order valence-electron chi connectivity index (χ0n) is 23.9. The van der Waals surface area contributed by atoms with Crippen molar-refractivity contribution < 1.29 is 4.42 Å². The van der Waals surface area contributed by atoms with Crippen LogP contribution in [-0.2, 0) is 0 Å². The van der Waals surface area contributed by atoms with Gasteiger partial charge in [0.2, 0.25) is 0 Å². The molecule has 9 aromatic rings. The summed E-state index contributed by atoms with van der Waals surface area (Å²) in [6.45, 7) is 0. The van der Waals surface area contributed by atoms with E-state index in [4.69, 9.17) is 4.42 Å². The van der Waals surface area contributed by atoms with Crippen molar-refractivity contribution in [2.24, 2.45) is 0 Å². The number of fused-ring (bicyclic) bond motifs is 8. The van der Waals surface area contributed by atoms with Gasteiger partial charge in [-0.2, -0.15) is 0 Å². The van der Waals surface area contributed by atoms with Crippen molar-refractivity contribution in [3.63, 3.8) is 0 Å². The Labute approximate surface area is 255 Å². The van der Waals surface area contributed by atoms with Gasteiger partial charge in [0.25, 0.3) is 0 Å². The lowest BCUT2D eigenvalue weighted by Crippen LogP contribution is -2.11. The Balaban J connectivity index is 1.30. The van der Waals surface area contributed by atoms with E-state index in [1.807, 2.05) is 12.1 Å². The van der Waals surface area contributed by atoms with Crippen LogP contribution in [0.3, 0.4) is 0 Å². The molecule has 9 rings (SSSR count). The topological polar surface area (TPSA) is 16.4 Å². The summed E-state index contributed by atoms with van der Waals surface area (Å²) in [5, 5.41) is 9.81. The average molecular weight is 562 g/mol. The fourth-order valence-electron chi connectivity index (χ4n) is 6.77. The normalized spacial score (nSPS) is 11.6. The fourth-order valence-corrected chi connectivity index (χ4v) is 6.77. The standard InChI is InChI=1S/C42H27NO/c1-2-10-28(11-3-1)34-13-6-8-16-39(34)43(33-23-25-38-37-15-7-9-17-40(37)44-41(38)27-33)32-22-24-36-31(26-32)21-20-30-19-18-29-12-4-5-14-35(29)42(30)36/h1-27H. The Morgan fingerprint density at radius 2 is 1.00 bits per heavy atom. The molecule has 2 heteroatoms. The van der Waals surface area contributed by atoms with Gasteiger partial charge in [0.15, 0.2) is 0 Å². The van der Waals surface area contributed by atoms with E-state index in [-0.39, 0.29) is 0 Å². The molecule has 0 aliphatic rings. The average Bonchev–Trinajstić information content (AvgIpc) is 3.46. The Morgan fingerprint density at radius 3 is 1.89 bits per heavy atom. The maximum Gasteiger partial charge on any atom is 0.137 e. The van der Waals surface area contributed by atoms with E-state index in [2.05, 4.69) is 157 Å². The number of para-hydroxylation sites is 2. The van der Waals surface area contributed by atoms with Crippen molar-refractivity contribution in [2.75, 3.05) is 4.90 Å². The molecule has 2 nitrogen and oxygen atoms in total. The van der Waals surface area contributed by atoms with Crippen LogP contribution in [0.4, 0.5) is 17.1 Å². The summed E-state index contributed by atoms with van der Waals surface area (Å²) >= 11 is 0. The van der Waals surface area contributed by atoms with Gasteiger partial charge in [-0.1, -0.05) is 121 Å². The minimum atomic E-state index is 0.879. The summed E-state index contributed by atoms with van der Waals surface area (Å²) in [4.78, 5) is 2.36. The molecule has 1 heterocycles. The highest BCUT2D eigenvalue weighted by atomic mass is 16.3. The summed E-state index contributed by atoms with van der Waals surface area (Å²) in [5.74, 6) is 0. The van der Waals surface area contributed by atoms with Crippen molar-refractivity contribution in [1.82, 2.24) is 0 Å². The molecule has 0 radical (unpaired) electrons. The molecule has 0 fully saturated rings. The van der Waals surface area contributed by atoms with Crippen LogP contribution in [0.1, 0.15) is 0 Å². The van der Waals surface area contributed by atoms with E-state index in [0.717, 1.165) is 39.0 Å². The molecule has 206 valence electrons. The molecule has 8 aromatic carbocycles. The first-order valence-corrected chi connectivity index (χ1v) is 15.0. The highest BCUT2D eigenvalue weighted by molar-refractivity contribution is 6.20. The number of hydrogen-bond acceptors (Lipinski definition) is 2. The summed E-state index contributed by atoms with van der Waals surface area (Å²) in [6, 6.07) is 58.6. The number of hydrogen-bond donors (Lipinski definition) is 0. The Hall–Kier alpha value is -5.86. The van der Waals surface area contributed by atoms with Gasteiger partial charge >= 0.3 is 0 Å². The first-order valence-electron chi connectivity index (χ1n) is 15.0. The number of furan rings is 1. The monoisotopic (exact) mass is 561 g/mol. The molecule has 0 saturated carbocycles. The van der Waals surface area contributed by atoms with E-state index in [1.54, 1.807) is 0 Å². The maximum atomic E-state index is 6.36. The second-order valence-corrected chi connectivity index (χ2v) is 11.4. The predicted molar refractivity (Wildman–Crippen MR) is 186 cm³/mol. The van der Waals surface area contributed by atoms with E-state index in [9.17, 15) is 0 Å². The smallest absolute Gasteiger partial charge is 0.137 e. The number of nitrogens with zero attached hydrogens (tertiary/aromatic N) is 1.